The molecule has 5 heteroatoms. The molecule has 0 bridgehead atoms. The molecule has 5 nitrogen and oxygen atoms in total. The lowest BCUT2D eigenvalue weighted by Crippen LogP contribution is -2.23. The van der Waals surface area contributed by atoms with Gasteiger partial charge in [-0.1, -0.05) is 6.07 Å². The lowest BCUT2D eigenvalue weighted by molar-refractivity contribution is -0.119. The van der Waals surface area contributed by atoms with E-state index >= 15 is 0 Å². The highest BCUT2D eigenvalue weighted by Crippen LogP contribution is 2.12. The second-order valence-corrected chi connectivity index (χ2v) is 3.84. The van der Waals surface area contributed by atoms with Crippen LogP contribution in [0.15, 0.2) is 42.7 Å². The van der Waals surface area contributed by atoms with Crippen LogP contribution < -0.4 is 5.32 Å². The average molecular weight is 240 g/mol. The SMILES string of the molecule is C[C@H](C(=O)Nc1cccc(C#N)c1)n1cccn1. The molecule has 0 spiro atoms. The molecule has 0 aliphatic carbocycles. The van der Waals surface area contributed by atoms with Crippen LogP contribution in [0.5, 0.6) is 0 Å². The third-order valence-corrected chi connectivity index (χ3v) is 2.56. The first-order chi connectivity index (χ1) is 8.70. The van der Waals surface area contributed by atoms with Gasteiger partial charge in [-0.2, -0.15) is 10.4 Å². The molecule has 18 heavy (non-hydrogen) atoms. The van der Waals surface area contributed by atoms with E-state index < -0.39 is 6.04 Å². The number of nitrogens with zero attached hydrogens (tertiary/aromatic N) is 3. The second-order valence-electron chi connectivity index (χ2n) is 3.84. The molecule has 0 aliphatic rings. The molecule has 2 aromatic rings. The summed E-state index contributed by atoms with van der Waals surface area (Å²) in [7, 11) is 0. The zero-order chi connectivity index (χ0) is 13.0. The van der Waals surface area contributed by atoms with Crippen molar-refractivity contribution in [2.75, 3.05) is 5.32 Å². The molecule has 0 saturated carbocycles. The number of amides is 1. The topological polar surface area (TPSA) is 70.7 Å². The fourth-order valence-corrected chi connectivity index (χ4v) is 1.54. The Kier molecular flexibility index (Phi) is 3.39. The van der Waals surface area contributed by atoms with Gasteiger partial charge in [-0.05, 0) is 31.2 Å². The van der Waals surface area contributed by atoms with Crippen molar-refractivity contribution < 1.29 is 4.79 Å². The molecular weight excluding hydrogens is 228 g/mol. The van der Waals surface area contributed by atoms with Crippen LogP contribution in [0.3, 0.4) is 0 Å². The molecule has 90 valence electrons. The Morgan fingerprint density at radius 2 is 2.33 bits per heavy atom. The van der Waals surface area contributed by atoms with Crippen LogP contribution in [-0.2, 0) is 4.79 Å². The number of nitrogens with one attached hydrogen (secondary N) is 1. The molecule has 0 radical (unpaired) electrons. The second kappa shape index (κ2) is 5.15. The van der Waals surface area contributed by atoms with Crippen molar-refractivity contribution in [1.29, 1.82) is 5.26 Å². The zero-order valence-corrected chi connectivity index (χ0v) is 9.87. The molecule has 0 fully saturated rings. The number of hydrogen-bond donors (Lipinski definition) is 1. The summed E-state index contributed by atoms with van der Waals surface area (Å²) in [5.74, 6) is -0.172. The van der Waals surface area contributed by atoms with Gasteiger partial charge in [0.05, 0.1) is 11.6 Å². The molecule has 0 unspecified atom stereocenters. The fourth-order valence-electron chi connectivity index (χ4n) is 1.54. The van der Waals surface area contributed by atoms with Crippen molar-refractivity contribution >= 4 is 11.6 Å². The Morgan fingerprint density at radius 1 is 1.50 bits per heavy atom. The van der Waals surface area contributed by atoms with Crippen LogP contribution in [-0.4, -0.2) is 15.7 Å². The van der Waals surface area contributed by atoms with Gasteiger partial charge >= 0.3 is 0 Å². The molecule has 1 atom stereocenters. The number of anilines is 1. The van der Waals surface area contributed by atoms with E-state index in [-0.39, 0.29) is 5.91 Å². The summed E-state index contributed by atoms with van der Waals surface area (Å²) >= 11 is 0. The molecule has 1 aromatic heterocycles. The quantitative estimate of drug-likeness (QED) is 0.891. The molecule has 1 aromatic carbocycles. The molecule has 1 amide bonds. The third-order valence-electron chi connectivity index (χ3n) is 2.56. The van der Waals surface area contributed by atoms with Crippen molar-refractivity contribution in [3.05, 3.63) is 48.3 Å². The van der Waals surface area contributed by atoms with Gasteiger partial charge in [-0.15, -0.1) is 0 Å². The van der Waals surface area contributed by atoms with E-state index in [0.717, 1.165) is 0 Å². The van der Waals surface area contributed by atoms with Gasteiger partial charge in [0.1, 0.15) is 6.04 Å². The summed E-state index contributed by atoms with van der Waals surface area (Å²) in [6.07, 6.45) is 3.36. The van der Waals surface area contributed by atoms with E-state index in [4.69, 9.17) is 5.26 Å². The number of carbonyl (C=O) groups is 1. The number of carbonyl (C=O) groups excluding carboxylic acids is 1. The summed E-state index contributed by atoms with van der Waals surface area (Å²) in [6.45, 7) is 1.76. The summed E-state index contributed by atoms with van der Waals surface area (Å²) in [4.78, 5) is 12.0. The van der Waals surface area contributed by atoms with E-state index in [2.05, 4.69) is 10.4 Å². The minimum absolute atomic E-state index is 0.172. The normalized spacial score (nSPS) is 11.6. The predicted octanol–water partition coefficient (Wildman–Crippen LogP) is 1.95. The maximum atomic E-state index is 12.0. The summed E-state index contributed by atoms with van der Waals surface area (Å²) in [5.41, 5.74) is 1.12. The van der Waals surface area contributed by atoms with E-state index in [1.807, 2.05) is 6.07 Å². The number of hydrogen-bond acceptors (Lipinski definition) is 3. The highest BCUT2D eigenvalue weighted by molar-refractivity contribution is 5.93. The van der Waals surface area contributed by atoms with Crippen molar-refractivity contribution in [1.82, 2.24) is 9.78 Å². The van der Waals surface area contributed by atoms with Gasteiger partial charge in [0.15, 0.2) is 0 Å². The van der Waals surface area contributed by atoms with Gasteiger partial charge in [-0.3, -0.25) is 9.48 Å². The van der Waals surface area contributed by atoms with E-state index in [0.29, 0.717) is 11.3 Å². The van der Waals surface area contributed by atoms with Crippen molar-refractivity contribution in [3.63, 3.8) is 0 Å². The first-order valence-electron chi connectivity index (χ1n) is 5.51. The van der Waals surface area contributed by atoms with Crippen LogP contribution in [0.4, 0.5) is 5.69 Å². The Morgan fingerprint density at radius 3 is 3.00 bits per heavy atom. The number of rotatable bonds is 3. The van der Waals surface area contributed by atoms with Gasteiger partial charge in [0, 0.05) is 18.1 Å². The lowest BCUT2D eigenvalue weighted by atomic mass is 10.2. The molecule has 1 N–H and O–H groups in total. The van der Waals surface area contributed by atoms with Gasteiger partial charge < -0.3 is 5.32 Å². The Bertz CT molecular complexity index is 583. The Labute approximate surface area is 105 Å². The van der Waals surface area contributed by atoms with Crippen LogP contribution in [0, 0.1) is 11.3 Å². The average Bonchev–Trinajstić information content (AvgIpc) is 2.92. The van der Waals surface area contributed by atoms with Gasteiger partial charge in [0.2, 0.25) is 5.91 Å². The number of aromatic nitrogens is 2. The van der Waals surface area contributed by atoms with Gasteiger partial charge in [0.25, 0.3) is 0 Å². The lowest BCUT2D eigenvalue weighted by Gasteiger charge is -2.12. The molecule has 2 rings (SSSR count). The Hall–Kier alpha value is -2.61. The third kappa shape index (κ3) is 2.55. The standard InChI is InChI=1S/C13H12N4O/c1-10(17-7-3-6-15-17)13(18)16-12-5-2-4-11(8-12)9-14/h2-8,10H,1H3,(H,16,18)/t10-/m1/s1. The van der Waals surface area contributed by atoms with Crippen molar-refractivity contribution in [2.24, 2.45) is 0 Å². The first-order valence-corrected chi connectivity index (χ1v) is 5.51. The number of benzene rings is 1. The van der Waals surface area contributed by atoms with E-state index in [1.54, 1.807) is 54.3 Å². The summed E-state index contributed by atoms with van der Waals surface area (Å²) in [6, 6.07) is 10.2. The van der Waals surface area contributed by atoms with Crippen molar-refractivity contribution in [2.45, 2.75) is 13.0 Å². The van der Waals surface area contributed by atoms with Crippen LogP contribution >= 0.6 is 0 Å². The summed E-state index contributed by atoms with van der Waals surface area (Å²) in [5, 5.41) is 15.5. The summed E-state index contributed by atoms with van der Waals surface area (Å²) < 4.78 is 1.57. The minimum Gasteiger partial charge on any atom is -0.324 e. The molecule has 0 saturated heterocycles. The Balaban J connectivity index is 2.09. The number of nitriles is 1. The first kappa shape index (κ1) is 11.9. The van der Waals surface area contributed by atoms with Crippen molar-refractivity contribution in [3.8, 4) is 6.07 Å². The van der Waals surface area contributed by atoms with E-state index in [1.165, 1.54) is 0 Å². The van der Waals surface area contributed by atoms with Crippen LogP contribution in [0.2, 0.25) is 0 Å². The van der Waals surface area contributed by atoms with Crippen LogP contribution in [0.1, 0.15) is 18.5 Å². The highest BCUT2D eigenvalue weighted by atomic mass is 16.2. The maximum Gasteiger partial charge on any atom is 0.248 e. The molecule has 0 aliphatic heterocycles. The smallest absolute Gasteiger partial charge is 0.248 e. The molecule has 1 heterocycles. The largest absolute Gasteiger partial charge is 0.324 e. The highest BCUT2D eigenvalue weighted by Gasteiger charge is 2.14. The van der Waals surface area contributed by atoms with Gasteiger partial charge in [-0.25, -0.2) is 0 Å². The van der Waals surface area contributed by atoms with E-state index in [9.17, 15) is 4.79 Å². The monoisotopic (exact) mass is 240 g/mol. The molecular formula is C13H12N4O. The zero-order valence-electron chi connectivity index (χ0n) is 9.87. The minimum atomic E-state index is -0.397. The maximum absolute atomic E-state index is 12.0. The fraction of sp³-hybridized carbons (Fsp3) is 0.154. The van der Waals surface area contributed by atoms with Crippen LogP contribution in [0.25, 0.3) is 0 Å². The predicted molar refractivity (Wildman–Crippen MR) is 66.7 cm³/mol.